The number of carbonyl (C=O) groups excluding carboxylic acids is 1. The van der Waals surface area contributed by atoms with Crippen LogP contribution in [0.25, 0.3) is 0 Å². The number of hydrogen-bond acceptors (Lipinski definition) is 3. The number of amides is 2. The van der Waals surface area contributed by atoms with Crippen LogP contribution in [0.15, 0.2) is 36.0 Å². The smallest absolute Gasteiger partial charge is 0.318 e. The van der Waals surface area contributed by atoms with Gasteiger partial charge in [0.15, 0.2) is 0 Å². The Bertz CT molecular complexity index is 520. The highest BCUT2D eigenvalue weighted by Crippen LogP contribution is 2.30. The summed E-state index contributed by atoms with van der Waals surface area (Å²) in [5.41, 5.74) is 1.26. The molecule has 0 radical (unpaired) electrons. The lowest BCUT2D eigenvalue weighted by atomic mass is 10.0. The Balaban J connectivity index is 1.61. The number of ether oxygens (including phenoxy) is 2. The molecule has 0 heterocycles. The van der Waals surface area contributed by atoms with E-state index < -0.39 is 0 Å². The molecule has 2 amide bonds. The van der Waals surface area contributed by atoms with Crippen LogP contribution in [0.2, 0.25) is 0 Å². The molecule has 1 aliphatic rings. The van der Waals surface area contributed by atoms with Crippen LogP contribution in [0.1, 0.15) is 32.6 Å². The maximum atomic E-state index is 11.7. The highest BCUT2D eigenvalue weighted by molar-refractivity contribution is 5.74. The fourth-order valence-electron chi connectivity index (χ4n) is 2.73. The number of urea groups is 1. The van der Waals surface area contributed by atoms with E-state index in [0.717, 1.165) is 11.5 Å². The average molecular weight is 318 g/mol. The topological polar surface area (TPSA) is 59.6 Å². The molecule has 2 N–H and O–H groups in total. The highest BCUT2D eigenvalue weighted by Gasteiger charge is 2.16. The number of benzene rings is 1. The zero-order chi connectivity index (χ0) is 16.5. The summed E-state index contributed by atoms with van der Waals surface area (Å²) in [5, 5.41) is 5.57. The second-order valence-electron chi connectivity index (χ2n) is 5.79. The van der Waals surface area contributed by atoms with E-state index >= 15 is 0 Å². The number of hydrogen-bond donors (Lipinski definition) is 2. The second kappa shape index (κ2) is 9.08. The lowest BCUT2D eigenvalue weighted by molar-refractivity contribution is 0.239. The van der Waals surface area contributed by atoms with Gasteiger partial charge in [-0.15, -0.1) is 0 Å². The molecular formula is C18H26N2O3. The number of allylic oxidation sites excluding steroid dienone is 1. The molecule has 1 aliphatic carbocycles. The summed E-state index contributed by atoms with van der Waals surface area (Å²) in [6.07, 6.45) is 6.90. The first-order valence-corrected chi connectivity index (χ1v) is 8.17. The van der Waals surface area contributed by atoms with Gasteiger partial charge in [-0.25, -0.2) is 4.79 Å². The third-order valence-corrected chi connectivity index (χ3v) is 4.15. The molecule has 1 aromatic carbocycles. The molecule has 0 bridgehead atoms. The van der Waals surface area contributed by atoms with Gasteiger partial charge in [-0.05, 0) is 49.9 Å². The van der Waals surface area contributed by atoms with Crippen LogP contribution in [0.3, 0.4) is 0 Å². The maximum absolute atomic E-state index is 11.7. The van der Waals surface area contributed by atoms with Crippen molar-refractivity contribution < 1.29 is 14.3 Å². The van der Waals surface area contributed by atoms with Crippen molar-refractivity contribution in [3.8, 4) is 11.5 Å². The van der Waals surface area contributed by atoms with E-state index in [1.54, 1.807) is 7.11 Å². The summed E-state index contributed by atoms with van der Waals surface area (Å²) in [6.45, 7) is 2.96. The van der Waals surface area contributed by atoms with Gasteiger partial charge in [0.2, 0.25) is 0 Å². The number of rotatable bonds is 7. The third-order valence-electron chi connectivity index (χ3n) is 4.15. The maximum Gasteiger partial charge on any atom is 0.318 e. The van der Waals surface area contributed by atoms with E-state index in [1.165, 1.54) is 31.3 Å². The Hall–Kier alpha value is -2.17. The molecule has 1 saturated carbocycles. The van der Waals surface area contributed by atoms with Crippen LogP contribution < -0.4 is 20.1 Å². The van der Waals surface area contributed by atoms with Crippen LogP contribution >= 0.6 is 0 Å². The highest BCUT2D eigenvalue weighted by atomic mass is 16.5. The first kappa shape index (κ1) is 17.2. The second-order valence-corrected chi connectivity index (χ2v) is 5.79. The van der Waals surface area contributed by atoms with Gasteiger partial charge in [0.1, 0.15) is 18.1 Å². The number of methoxy groups -OCH3 is 1. The molecule has 5 heteroatoms. The van der Waals surface area contributed by atoms with Gasteiger partial charge in [-0.1, -0.05) is 18.4 Å². The Kier molecular flexibility index (Phi) is 6.78. The van der Waals surface area contributed by atoms with Gasteiger partial charge in [0.05, 0.1) is 13.7 Å². The Morgan fingerprint density at radius 1 is 1.22 bits per heavy atom. The van der Waals surface area contributed by atoms with E-state index in [9.17, 15) is 4.79 Å². The van der Waals surface area contributed by atoms with E-state index in [-0.39, 0.29) is 6.03 Å². The molecule has 1 fully saturated rings. The lowest BCUT2D eigenvalue weighted by Gasteiger charge is -2.11. The molecule has 5 nitrogen and oxygen atoms in total. The van der Waals surface area contributed by atoms with Gasteiger partial charge in [0.25, 0.3) is 0 Å². The first-order valence-electron chi connectivity index (χ1n) is 8.17. The van der Waals surface area contributed by atoms with Crippen LogP contribution in [0.4, 0.5) is 4.79 Å². The SMILES string of the molecule is COc1ccc(OCCNC(=O)N/C=C(\C)C2CCCC2)cc1. The zero-order valence-electron chi connectivity index (χ0n) is 13.9. The third kappa shape index (κ3) is 5.85. The minimum Gasteiger partial charge on any atom is -0.497 e. The summed E-state index contributed by atoms with van der Waals surface area (Å²) in [6, 6.07) is 7.16. The minimum atomic E-state index is -0.194. The molecular weight excluding hydrogens is 292 g/mol. The molecule has 126 valence electrons. The predicted octanol–water partition coefficient (Wildman–Crippen LogP) is 3.47. The molecule has 1 aromatic rings. The molecule has 0 unspecified atom stereocenters. The first-order chi connectivity index (χ1) is 11.2. The average Bonchev–Trinajstić information content (AvgIpc) is 3.12. The van der Waals surface area contributed by atoms with Crippen LogP contribution in [0.5, 0.6) is 11.5 Å². The molecule has 0 saturated heterocycles. The van der Waals surface area contributed by atoms with Crippen molar-refractivity contribution in [3.63, 3.8) is 0 Å². The fraction of sp³-hybridized carbons (Fsp3) is 0.500. The van der Waals surface area contributed by atoms with Gasteiger partial charge < -0.3 is 20.1 Å². The normalized spacial score (nSPS) is 15.3. The fourth-order valence-corrected chi connectivity index (χ4v) is 2.73. The van der Waals surface area contributed by atoms with Gasteiger partial charge >= 0.3 is 6.03 Å². The summed E-state index contributed by atoms with van der Waals surface area (Å²) in [4.78, 5) is 11.7. The van der Waals surface area contributed by atoms with Crippen LogP contribution in [-0.2, 0) is 0 Å². The van der Waals surface area contributed by atoms with Gasteiger partial charge in [-0.2, -0.15) is 0 Å². The van der Waals surface area contributed by atoms with Crippen molar-refractivity contribution in [2.45, 2.75) is 32.6 Å². The standard InChI is InChI=1S/C18H26N2O3/c1-14(15-5-3-4-6-15)13-20-18(21)19-11-12-23-17-9-7-16(22-2)8-10-17/h7-10,13,15H,3-6,11-12H2,1-2H3,(H2,19,20,21)/b14-13+. The van der Waals surface area contributed by atoms with Crippen molar-refractivity contribution in [3.05, 3.63) is 36.0 Å². The van der Waals surface area contributed by atoms with Gasteiger partial charge in [0, 0.05) is 6.20 Å². The zero-order valence-corrected chi connectivity index (χ0v) is 13.9. The Morgan fingerprint density at radius 2 is 1.87 bits per heavy atom. The van der Waals surface area contributed by atoms with Crippen LogP contribution in [-0.4, -0.2) is 26.3 Å². The van der Waals surface area contributed by atoms with Crippen molar-refractivity contribution in [1.29, 1.82) is 0 Å². The Labute approximate surface area is 138 Å². The van der Waals surface area contributed by atoms with Crippen molar-refractivity contribution in [2.75, 3.05) is 20.3 Å². The summed E-state index contributed by atoms with van der Waals surface area (Å²) in [7, 11) is 1.63. The van der Waals surface area contributed by atoms with Crippen molar-refractivity contribution >= 4 is 6.03 Å². The van der Waals surface area contributed by atoms with Crippen molar-refractivity contribution in [2.24, 2.45) is 5.92 Å². The predicted molar refractivity (Wildman–Crippen MR) is 90.7 cm³/mol. The van der Waals surface area contributed by atoms with Crippen molar-refractivity contribution in [1.82, 2.24) is 10.6 Å². The van der Waals surface area contributed by atoms with E-state index in [1.807, 2.05) is 30.5 Å². The summed E-state index contributed by atoms with van der Waals surface area (Å²) < 4.78 is 10.6. The number of carbonyl (C=O) groups is 1. The molecule has 23 heavy (non-hydrogen) atoms. The molecule has 0 atom stereocenters. The summed E-state index contributed by atoms with van der Waals surface area (Å²) in [5.74, 6) is 2.18. The van der Waals surface area contributed by atoms with E-state index in [0.29, 0.717) is 19.1 Å². The van der Waals surface area contributed by atoms with Gasteiger partial charge in [-0.3, -0.25) is 0 Å². The number of nitrogens with one attached hydrogen (secondary N) is 2. The van der Waals surface area contributed by atoms with E-state index in [2.05, 4.69) is 17.6 Å². The largest absolute Gasteiger partial charge is 0.497 e. The lowest BCUT2D eigenvalue weighted by Crippen LogP contribution is -2.35. The molecule has 2 rings (SSSR count). The minimum absolute atomic E-state index is 0.194. The monoisotopic (exact) mass is 318 g/mol. The summed E-state index contributed by atoms with van der Waals surface area (Å²) >= 11 is 0. The molecule has 0 spiro atoms. The Morgan fingerprint density at radius 3 is 2.52 bits per heavy atom. The quantitative estimate of drug-likeness (QED) is 0.757. The molecule has 0 aliphatic heterocycles. The van der Waals surface area contributed by atoms with Crippen LogP contribution in [0, 0.1) is 5.92 Å². The molecule has 0 aromatic heterocycles. The van der Waals surface area contributed by atoms with E-state index in [4.69, 9.17) is 9.47 Å².